The zero-order valence-corrected chi connectivity index (χ0v) is 18.1. The molecule has 1 aromatic carbocycles. The summed E-state index contributed by atoms with van der Waals surface area (Å²) in [5.41, 5.74) is 1.50. The van der Waals surface area contributed by atoms with Crippen molar-refractivity contribution in [1.29, 1.82) is 0 Å². The lowest BCUT2D eigenvalue weighted by Crippen LogP contribution is -2.60. The Hall–Kier alpha value is -1.84. The van der Waals surface area contributed by atoms with E-state index in [0.29, 0.717) is 11.5 Å². The summed E-state index contributed by atoms with van der Waals surface area (Å²) in [4.78, 5) is 25.7. The van der Waals surface area contributed by atoms with Crippen molar-refractivity contribution in [2.75, 3.05) is 0 Å². The van der Waals surface area contributed by atoms with Gasteiger partial charge >= 0.3 is 0 Å². The Morgan fingerprint density at radius 2 is 1.82 bits per heavy atom. The Labute approximate surface area is 169 Å². The fourth-order valence-electron chi connectivity index (χ4n) is 6.50. The van der Waals surface area contributed by atoms with E-state index >= 15 is 0 Å². The minimum Gasteiger partial charge on any atom is -0.508 e. The third-order valence-corrected chi connectivity index (χ3v) is 7.65. The van der Waals surface area contributed by atoms with Crippen molar-refractivity contribution in [1.82, 2.24) is 5.32 Å². The quantitative estimate of drug-likeness (QED) is 0.729. The van der Waals surface area contributed by atoms with Gasteiger partial charge in [0.15, 0.2) is 5.78 Å². The summed E-state index contributed by atoms with van der Waals surface area (Å²) in [6.07, 6.45) is 4.24. The minimum atomic E-state index is -0.177. The predicted octanol–water partition coefficient (Wildman–Crippen LogP) is 4.88. The molecular formula is C24H35NO3. The van der Waals surface area contributed by atoms with Gasteiger partial charge in [-0.2, -0.15) is 0 Å². The molecule has 2 aliphatic carbocycles. The Bertz CT molecular complexity index is 764. The molecule has 0 aliphatic heterocycles. The highest BCUT2D eigenvalue weighted by Crippen LogP contribution is 2.61. The highest BCUT2D eigenvalue weighted by Gasteiger charge is 2.58. The van der Waals surface area contributed by atoms with Crippen molar-refractivity contribution in [3.8, 4) is 5.75 Å². The summed E-state index contributed by atoms with van der Waals surface area (Å²) in [7, 11) is 0. The van der Waals surface area contributed by atoms with Crippen molar-refractivity contribution in [3.63, 3.8) is 0 Å². The Morgan fingerprint density at radius 1 is 1.14 bits per heavy atom. The van der Waals surface area contributed by atoms with Crippen molar-refractivity contribution in [3.05, 3.63) is 29.3 Å². The molecule has 4 heteroatoms. The number of ketones is 1. The number of carbonyl (C=O) groups excluding carboxylic acids is 2. The maximum absolute atomic E-state index is 13.8. The van der Waals surface area contributed by atoms with Crippen LogP contribution in [0.4, 0.5) is 0 Å². The van der Waals surface area contributed by atoms with Crippen LogP contribution in [-0.4, -0.2) is 22.8 Å². The predicted molar refractivity (Wildman–Crippen MR) is 111 cm³/mol. The van der Waals surface area contributed by atoms with E-state index in [1.54, 1.807) is 19.1 Å². The van der Waals surface area contributed by atoms with Crippen LogP contribution in [0.25, 0.3) is 0 Å². The number of phenolic OH excluding ortho intramolecular Hbond substituents is 1. The average Bonchev–Trinajstić information content (AvgIpc) is 2.54. The van der Waals surface area contributed by atoms with Gasteiger partial charge in [-0.15, -0.1) is 0 Å². The van der Waals surface area contributed by atoms with E-state index in [1.165, 1.54) is 0 Å². The minimum absolute atomic E-state index is 0.000283. The number of hydrogen-bond donors (Lipinski definition) is 2. The van der Waals surface area contributed by atoms with Gasteiger partial charge in [0.1, 0.15) is 5.75 Å². The number of amides is 1. The molecule has 28 heavy (non-hydrogen) atoms. The molecule has 2 saturated carbocycles. The molecule has 0 aromatic heterocycles. The zero-order chi connectivity index (χ0) is 20.9. The maximum atomic E-state index is 13.8. The number of Topliss-reactive ketones (excluding diaryl/α,β-unsaturated/α-hetero) is 1. The summed E-state index contributed by atoms with van der Waals surface area (Å²) < 4.78 is 0. The van der Waals surface area contributed by atoms with E-state index in [4.69, 9.17) is 0 Å². The highest BCUT2D eigenvalue weighted by molar-refractivity contribution is 5.99. The molecule has 3 rings (SSSR count). The molecule has 0 heterocycles. The van der Waals surface area contributed by atoms with Crippen LogP contribution in [0.1, 0.15) is 76.2 Å². The monoisotopic (exact) mass is 385 g/mol. The summed E-state index contributed by atoms with van der Waals surface area (Å²) in [6, 6.07) is 5.15. The first-order chi connectivity index (χ1) is 13.0. The van der Waals surface area contributed by atoms with E-state index in [-0.39, 0.29) is 46.1 Å². The SMILES string of the molecule is CC(=O)N[C@@H]1C[C@H]2C(C)(C)CCC[C@]2(C)[C@@H](C(=O)c2cc(C)cc(O)c2)[C@@H]1C. The molecule has 2 N–H and O–H groups in total. The Kier molecular flexibility index (Phi) is 5.37. The van der Waals surface area contributed by atoms with Gasteiger partial charge in [0, 0.05) is 24.4 Å². The largest absolute Gasteiger partial charge is 0.508 e. The van der Waals surface area contributed by atoms with Crippen LogP contribution in [0.15, 0.2) is 18.2 Å². The van der Waals surface area contributed by atoms with Crippen LogP contribution < -0.4 is 5.32 Å². The number of aryl methyl sites for hydroxylation is 1. The second-order valence-corrected chi connectivity index (χ2v) is 10.2. The van der Waals surface area contributed by atoms with Gasteiger partial charge in [-0.3, -0.25) is 9.59 Å². The van der Waals surface area contributed by atoms with E-state index in [9.17, 15) is 14.7 Å². The number of rotatable bonds is 3. The lowest BCUT2D eigenvalue weighted by atomic mass is 9.45. The number of aromatic hydroxyl groups is 1. The van der Waals surface area contributed by atoms with Crippen LogP contribution >= 0.6 is 0 Å². The van der Waals surface area contributed by atoms with Crippen LogP contribution in [0.5, 0.6) is 5.75 Å². The first kappa shape index (κ1) is 20.9. The van der Waals surface area contributed by atoms with Gasteiger partial charge in [-0.05, 0) is 72.6 Å². The average molecular weight is 386 g/mol. The molecule has 0 unspecified atom stereocenters. The van der Waals surface area contributed by atoms with E-state index in [1.807, 2.05) is 13.0 Å². The molecule has 2 aliphatic rings. The summed E-state index contributed by atoms with van der Waals surface area (Å²) >= 11 is 0. The summed E-state index contributed by atoms with van der Waals surface area (Å²) in [5.74, 6) is 0.448. The fourth-order valence-corrected chi connectivity index (χ4v) is 6.50. The van der Waals surface area contributed by atoms with Crippen LogP contribution in [0, 0.1) is 35.5 Å². The van der Waals surface area contributed by atoms with Gasteiger partial charge in [-0.25, -0.2) is 0 Å². The van der Waals surface area contributed by atoms with Gasteiger partial charge in [0.25, 0.3) is 0 Å². The number of carbonyl (C=O) groups is 2. The van der Waals surface area contributed by atoms with Crippen LogP contribution in [0.3, 0.4) is 0 Å². The molecule has 0 bridgehead atoms. The van der Waals surface area contributed by atoms with Crippen LogP contribution in [0.2, 0.25) is 0 Å². The van der Waals surface area contributed by atoms with E-state index < -0.39 is 0 Å². The van der Waals surface area contributed by atoms with Gasteiger partial charge < -0.3 is 10.4 Å². The molecule has 1 aromatic rings. The third kappa shape index (κ3) is 3.58. The smallest absolute Gasteiger partial charge is 0.217 e. The van der Waals surface area contributed by atoms with Crippen LogP contribution in [-0.2, 0) is 4.79 Å². The first-order valence-corrected chi connectivity index (χ1v) is 10.6. The highest BCUT2D eigenvalue weighted by atomic mass is 16.3. The van der Waals surface area contributed by atoms with Crippen molar-refractivity contribution in [2.24, 2.45) is 28.6 Å². The second-order valence-electron chi connectivity index (χ2n) is 10.2. The Balaban J connectivity index is 2.08. The number of hydrogen-bond acceptors (Lipinski definition) is 3. The second kappa shape index (κ2) is 7.20. The normalized spacial score (nSPS) is 34.4. The first-order valence-electron chi connectivity index (χ1n) is 10.6. The van der Waals surface area contributed by atoms with Gasteiger partial charge in [0.2, 0.25) is 5.91 Å². The molecule has 0 spiro atoms. The number of nitrogens with one attached hydrogen (secondary N) is 1. The topological polar surface area (TPSA) is 66.4 Å². The number of phenols is 1. The maximum Gasteiger partial charge on any atom is 0.217 e. The Morgan fingerprint density at radius 3 is 2.43 bits per heavy atom. The van der Waals surface area contributed by atoms with E-state index in [0.717, 1.165) is 31.2 Å². The molecule has 1 amide bonds. The van der Waals surface area contributed by atoms with Gasteiger partial charge in [-0.1, -0.05) is 34.1 Å². The molecule has 4 nitrogen and oxygen atoms in total. The lowest BCUT2D eigenvalue weighted by molar-refractivity contribution is -0.125. The number of fused-ring (bicyclic) bond motifs is 1. The summed E-state index contributed by atoms with van der Waals surface area (Å²) in [6.45, 7) is 12.5. The lowest BCUT2D eigenvalue weighted by Gasteiger charge is -2.60. The third-order valence-electron chi connectivity index (χ3n) is 7.65. The molecule has 154 valence electrons. The standard InChI is InChI=1S/C24H35NO3/c1-14-10-17(12-18(27)11-14)22(28)21-15(2)19(25-16(3)26)13-20-23(4,5)8-7-9-24(20,21)6/h10-12,15,19-21,27H,7-9,13H2,1-6H3,(H,25,26)/t15-,19-,20+,21-,24+/m1/s1. The molecule has 0 radical (unpaired) electrons. The molecule has 0 saturated heterocycles. The summed E-state index contributed by atoms with van der Waals surface area (Å²) in [5, 5.41) is 13.2. The van der Waals surface area contributed by atoms with Crippen molar-refractivity contribution < 1.29 is 14.7 Å². The van der Waals surface area contributed by atoms with Crippen molar-refractivity contribution >= 4 is 11.7 Å². The molecular weight excluding hydrogens is 350 g/mol. The molecule has 2 fully saturated rings. The molecule has 5 atom stereocenters. The van der Waals surface area contributed by atoms with E-state index in [2.05, 4.69) is 33.0 Å². The zero-order valence-electron chi connectivity index (χ0n) is 18.1. The fraction of sp³-hybridized carbons (Fsp3) is 0.667. The number of benzene rings is 1. The van der Waals surface area contributed by atoms with Crippen molar-refractivity contribution in [2.45, 2.75) is 73.3 Å². The van der Waals surface area contributed by atoms with Gasteiger partial charge in [0.05, 0.1) is 0 Å².